The summed E-state index contributed by atoms with van der Waals surface area (Å²) >= 11 is 0. The number of carbonyl (C=O) groups excluding carboxylic acids is 2. The first-order valence-electron chi connectivity index (χ1n) is 39.4. The van der Waals surface area contributed by atoms with E-state index in [0.717, 1.165) is 96.3 Å². The number of esters is 2. The number of phosphoric ester groups is 1. The Bertz CT molecular complexity index is 1900. The monoisotopic (exact) mass is 1320 g/mol. The standard InChI is InChI=1S/C83H148NO8P/c1-3-5-7-9-11-13-15-17-19-21-23-25-27-29-31-33-35-37-38-39-40-41-42-44-45-47-49-51-53-55-57-59-61-63-65-67-69-71-73-75-82(85)89-79-81(80-91-93(87,88)90-78-77-84)92-83(86)76-74-72-70-68-66-64-62-60-58-56-54-52-50-48-46-43-36-34-32-30-28-26-24-22-20-18-16-14-12-10-8-6-4-2/h6,8,12,14-15,17-18,20-21,23-24,26,30,32,36,43,48,50,81H,3-5,7,9-11,13,16,19,22,25,27-29,31,33-35,37-42,44-47,49,51-80,84H2,1-2H3,(H,87,88)/b8-6-,14-12-,17-15-,20-18-,23-21-,26-24-,32-30-,43-36-,50-48-. The van der Waals surface area contributed by atoms with Crippen LogP contribution in [0.4, 0.5) is 0 Å². The lowest BCUT2D eigenvalue weighted by molar-refractivity contribution is -0.161. The first-order valence-corrected chi connectivity index (χ1v) is 40.9. The number of hydrogen-bond acceptors (Lipinski definition) is 8. The third-order valence-electron chi connectivity index (χ3n) is 17.1. The van der Waals surface area contributed by atoms with Crippen LogP contribution in [0.1, 0.15) is 373 Å². The van der Waals surface area contributed by atoms with Crippen molar-refractivity contribution in [3.8, 4) is 0 Å². The van der Waals surface area contributed by atoms with E-state index in [1.54, 1.807) is 0 Å². The molecular formula is C83H148NO8P. The van der Waals surface area contributed by atoms with Gasteiger partial charge in [0, 0.05) is 19.4 Å². The minimum absolute atomic E-state index is 0.0505. The maximum Gasteiger partial charge on any atom is 0.472 e. The number of carbonyl (C=O) groups is 2. The van der Waals surface area contributed by atoms with E-state index in [0.29, 0.717) is 6.42 Å². The normalized spacial score (nSPS) is 13.5. The first kappa shape index (κ1) is 89.7. The molecule has 0 rings (SSSR count). The van der Waals surface area contributed by atoms with Gasteiger partial charge in [0.2, 0.25) is 0 Å². The summed E-state index contributed by atoms with van der Waals surface area (Å²) in [6.45, 7) is 3.66. The molecule has 0 spiro atoms. The van der Waals surface area contributed by atoms with Crippen LogP contribution < -0.4 is 5.73 Å². The lowest BCUT2D eigenvalue weighted by Gasteiger charge is -2.19. The van der Waals surface area contributed by atoms with Gasteiger partial charge in [0.1, 0.15) is 6.61 Å². The summed E-state index contributed by atoms with van der Waals surface area (Å²) in [5, 5.41) is 0. The fourth-order valence-electron chi connectivity index (χ4n) is 11.4. The third-order valence-corrected chi connectivity index (χ3v) is 18.1. The van der Waals surface area contributed by atoms with Gasteiger partial charge in [0.15, 0.2) is 6.10 Å². The van der Waals surface area contributed by atoms with E-state index in [2.05, 4.69) is 123 Å². The molecule has 0 radical (unpaired) electrons. The zero-order valence-electron chi connectivity index (χ0n) is 60.7. The van der Waals surface area contributed by atoms with E-state index in [1.165, 1.54) is 244 Å². The van der Waals surface area contributed by atoms with Crippen molar-refractivity contribution >= 4 is 19.8 Å². The Balaban J connectivity index is 3.81. The van der Waals surface area contributed by atoms with Crippen LogP contribution in [0.25, 0.3) is 0 Å². The molecule has 0 aliphatic heterocycles. The molecular weight excluding hydrogens is 1170 g/mol. The highest BCUT2D eigenvalue weighted by Gasteiger charge is 2.26. The average Bonchev–Trinajstić information content (AvgIpc) is 3.32. The van der Waals surface area contributed by atoms with Gasteiger partial charge in [0.25, 0.3) is 0 Å². The molecule has 0 aliphatic rings. The van der Waals surface area contributed by atoms with Crippen molar-refractivity contribution in [3.05, 3.63) is 109 Å². The largest absolute Gasteiger partial charge is 0.472 e. The maximum absolute atomic E-state index is 12.8. The summed E-state index contributed by atoms with van der Waals surface area (Å²) < 4.78 is 33.3. The molecule has 0 heterocycles. The van der Waals surface area contributed by atoms with E-state index in [9.17, 15) is 19.0 Å². The van der Waals surface area contributed by atoms with Gasteiger partial charge in [0.05, 0.1) is 13.2 Å². The SMILES string of the molecule is CC/C=C\C/C=C\C/C=C\C/C=C\C/C=C\C/C=C\C/C=C\CCCCCCCCCCCCCC(=O)OC(COC(=O)CCCCCCCCCCCCCCCCCCCCCCCCCCCCC/C=C\C/C=C\CCCCCCC)COP(=O)(O)OCCN. The van der Waals surface area contributed by atoms with E-state index >= 15 is 0 Å². The lowest BCUT2D eigenvalue weighted by Crippen LogP contribution is -2.29. The van der Waals surface area contributed by atoms with Gasteiger partial charge < -0.3 is 20.1 Å². The summed E-state index contributed by atoms with van der Waals surface area (Å²) in [6, 6.07) is 0. The smallest absolute Gasteiger partial charge is 0.462 e. The van der Waals surface area contributed by atoms with Crippen molar-refractivity contribution in [2.45, 2.75) is 380 Å². The molecule has 0 bridgehead atoms. The molecule has 9 nitrogen and oxygen atoms in total. The molecule has 0 saturated heterocycles. The Hall–Kier alpha value is -3.33. The van der Waals surface area contributed by atoms with Gasteiger partial charge in [-0.2, -0.15) is 0 Å². The minimum atomic E-state index is -4.40. The molecule has 0 amide bonds. The number of nitrogens with two attached hydrogens (primary N) is 1. The van der Waals surface area contributed by atoms with Crippen LogP contribution in [0.3, 0.4) is 0 Å². The number of allylic oxidation sites excluding steroid dienone is 18. The van der Waals surface area contributed by atoms with Crippen LogP contribution in [0, 0.1) is 0 Å². The van der Waals surface area contributed by atoms with E-state index in [-0.39, 0.29) is 38.6 Å². The Morgan fingerprint density at radius 2 is 0.591 bits per heavy atom. The topological polar surface area (TPSA) is 134 Å². The van der Waals surface area contributed by atoms with Crippen molar-refractivity contribution in [1.29, 1.82) is 0 Å². The molecule has 10 heteroatoms. The van der Waals surface area contributed by atoms with Crippen LogP contribution in [-0.2, 0) is 32.7 Å². The second-order valence-electron chi connectivity index (χ2n) is 26.2. The highest BCUT2D eigenvalue weighted by Crippen LogP contribution is 2.43. The van der Waals surface area contributed by atoms with Gasteiger partial charge in [-0.15, -0.1) is 0 Å². The Labute approximate surface area is 575 Å². The lowest BCUT2D eigenvalue weighted by atomic mass is 10.0. The average molecular weight is 1320 g/mol. The van der Waals surface area contributed by atoms with Crippen LogP contribution >= 0.6 is 7.82 Å². The molecule has 0 fully saturated rings. The molecule has 2 unspecified atom stereocenters. The van der Waals surface area contributed by atoms with Crippen LogP contribution in [0.15, 0.2) is 109 Å². The molecule has 2 atom stereocenters. The molecule has 93 heavy (non-hydrogen) atoms. The second-order valence-corrected chi connectivity index (χ2v) is 27.7. The van der Waals surface area contributed by atoms with Crippen molar-refractivity contribution in [2.75, 3.05) is 26.4 Å². The summed E-state index contributed by atoms with van der Waals surface area (Å²) in [7, 11) is -4.40. The van der Waals surface area contributed by atoms with Gasteiger partial charge in [-0.3, -0.25) is 18.6 Å². The molecule has 0 aromatic carbocycles. The van der Waals surface area contributed by atoms with Gasteiger partial charge >= 0.3 is 19.8 Å². The second kappa shape index (κ2) is 77.7. The molecule has 3 N–H and O–H groups in total. The quantitative estimate of drug-likeness (QED) is 0.0264. The van der Waals surface area contributed by atoms with Gasteiger partial charge in [-0.05, 0) is 103 Å². The fourth-order valence-corrected chi connectivity index (χ4v) is 12.1. The highest BCUT2D eigenvalue weighted by atomic mass is 31.2. The molecule has 0 aromatic heterocycles. The maximum atomic E-state index is 12.8. The van der Waals surface area contributed by atoms with Crippen molar-refractivity contribution < 1.29 is 37.6 Å². The zero-order chi connectivity index (χ0) is 67.2. The summed E-state index contributed by atoms with van der Waals surface area (Å²) in [5.41, 5.74) is 5.41. The molecule has 538 valence electrons. The fraction of sp³-hybridized carbons (Fsp3) is 0.759. The number of phosphoric acid groups is 1. The first-order chi connectivity index (χ1) is 45.8. The zero-order valence-corrected chi connectivity index (χ0v) is 61.6. The van der Waals surface area contributed by atoms with Crippen molar-refractivity contribution in [1.82, 2.24) is 0 Å². The Morgan fingerprint density at radius 3 is 0.882 bits per heavy atom. The number of ether oxygens (including phenoxy) is 2. The van der Waals surface area contributed by atoms with Gasteiger partial charge in [-0.1, -0.05) is 367 Å². The Kier molecular flexibility index (Phi) is 74.9. The van der Waals surface area contributed by atoms with Crippen LogP contribution in [0.5, 0.6) is 0 Å². The van der Waals surface area contributed by atoms with E-state index in [1.807, 2.05) is 0 Å². The van der Waals surface area contributed by atoms with Crippen LogP contribution in [0.2, 0.25) is 0 Å². The van der Waals surface area contributed by atoms with Crippen LogP contribution in [-0.4, -0.2) is 49.3 Å². The summed E-state index contributed by atoms with van der Waals surface area (Å²) in [6.07, 6.45) is 108. The number of hydrogen-bond donors (Lipinski definition) is 2. The summed E-state index contributed by atoms with van der Waals surface area (Å²) in [4.78, 5) is 35.5. The predicted octanol–water partition coefficient (Wildman–Crippen LogP) is 26.4. The van der Waals surface area contributed by atoms with Crippen molar-refractivity contribution in [3.63, 3.8) is 0 Å². The molecule has 0 saturated carbocycles. The third kappa shape index (κ3) is 77.6. The molecule has 0 aromatic rings. The minimum Gasteiger partial charge on any atom is -0.462 e. The highest BCUT2D eigenvalue weighted by molar-refractivity contribution is 7.47. The van der Waals surface area contributed by atoms with Gasteiger partial charge in [-0.25, -0.2) is 4.57 Å². The number of rotatable bonds is 74. The predicted molar refractivity (Wildman–Crippen MR) is 404 cm³/mol. The van der Waals surface area contributed by atoms with E-state index < -0.39 is 26.5 Å². The van der Waals surface area contributed by atoms with E-state index in [4.69, 9.17) is 24.3 Å². The number of unbranched alkanes of at least 4 members (excludes halogenated alkanes) is 43. The Morgan fingerprint density at radius 1 is 0.333 bits per heavy atom. The molecule has 0 aliphatic carbocycles. The van der Waals surface area contributed by atoms with Crippen molar-refractivity contribution in [2.24, 2.45) is 5.73 Å². The summed E-state index contributed by atoms with van der Waals surface area (Å²) in [5.74, 6) is -0.820.